The molecule has 25 heavy (non-hydrogen) atoms. The standard InChI is InChI=1S/C16H20N4O5/c1-10(2)25-14-6-12(24-3)4-5-13(14)16(23)17-7-11-8-20(19-18-11)9-15(21)22/h4-6,8,10H,7,9H2,1-3H3,(H,17,23)(H,21,22). The quantitative estimate of drug-likeness (QED) is 0.733. The number of carboxylic acids is 1. The summed E-state index contributed by atoms with van der Waals surface area (Å²) in [5.41, 5.74) is 0.821. The Morgan fingerprint density at radius 1 is 1.36 bits per heavy atom. The summed E-state index contributed by atoms with van der Waals surface area (Å²) in [6, 6.07) is 4.94. The van der Waals surface area contributed by atoms with E-state index in [2.05, 4.69) is 15.6 Å². The van der Waals surface area contributed by atoms with Crippen molar-refractivity contribution in [2.24, 2.45) is 0 Å². The van der Waals surface area contributed by atoms with Crippen molar-refractivity contribution in [1.29, 1.82) is 0 Å². The molecule has 0 aliphatic carbocycles. The van der Waals surface area contributed by atoms with Gasteiger partial charge in [-0.3, -0.25) is 9.59 Å². The largest absolute Gasteiger partial charge is 0.497 e. The highest BCUT2D eigenvalue weighted by Gasteiger charge is 2.15. The van der Waals surface area contributed by atoms with Crippen molar-refractivity contribution in [2.75, 3.05) is 7.11 Å². The van der Waals surface area contributed by atoms with E-state index < -0.39 is 5.97 Å². The van der Waals surface area contributed by atoms with E-state index in [0.29, 0.717) is 22.8 Å². The molecule has 1 heterocycles. The fourth-order valence-corrected chi connectivity index (χ4v) is 2.07. The number of nitrogens with zero attached hydrogens (tertiary/aromatic N) is 3. The maximum atomic E-state index is 12.4. The molecule has 0 atom stereocenters. The van der Waals surface area contributed by atoms with Gasteiger partial charge in [0.15, 0.2) is 0 Å². The predicted molar refractivity (Wildman–Crippen MR) is 87.6 cm³/mol. The van der Waals surface area contributed by atoms with E-state index in [-0.39, 0.29) is 25.1 Å². The summed E-state index contributed by atoms with van der Waals surface area (Å²) in [4.78, 5) is 23.0. The average Bonchev–Trinajstić information content (AvgIpc) is 2.98. The van der Waals surface area contributed by atoms with Gasteiger partial charge in [-0.2, -0.15) is 0 Å². The fourth-order valence-electron chi connectivity index (χ4n) is 2.07. The molecule has 0 bridgehead atoms. The molecule has 0 spiro atoms. The molecular formula is C16H20N4O5. The van der Waals surface area contributed by atoms with Gasteiger partial charge in [0.05, 0.1) is 31.5 Å². The number of methoxy groups -OCH3 is 1. The van der Waals surface area contributed by atoms with Crippen LogP contribution in [0.5, 0.6) is 11.5 Å². The summed E-state index contributed by atoms with van der Waals surface area (Å²) in [5.74, 6) is -0.356. The summed E-state index contributed by atoms with van der Waals surface area (Å²) in [7, 11) is 1.54. The Labute approximate surface area is 144 Å². The zero-order valence-corrected chi connectivity index (χ0v) is 14.2. The van der Waals surface area contributed by atoms with Crippen molar-refractivity contribution < 1.29 is 24.2 Å². The van der Waals surface area contributed by atoms with E-state index >= 15 is 0 Å². The van der Waals surface area contributed by atoms with Crippen molar-refractivity contribution >= 4 is 11.9 Å². The number of carboxylic acid groups (broad SMARTS) is 1. The average molecular weight is 348 g/mol. The van der Waals surface area contributed by atoms with Crippen molar-refractivity contribution in [3.05, 3.63) is 35.7 Å². The van der Waals surface area contributed by atoms with Crippen LogP contribution >= 0.6 is 0 Å². The maximum Gasteiger partial charge on any atom is 0.325 e. The molecular weight excluding hydrogens is 328 g/mol. The number of rotatable bonds is 8. The van der Waals surface area contributed by atoms with Crippen LogP contribution in [-0.2, 0) is 17.9 Å². The first-order valence-corrected chi connectivity index (χ1v) is 7.62. The Balaban J connectivity index is 2.07. The van der Waals surface area contributed by atoms with E-state index in [4.69, 9.17) is 14.6 Å². The summed E-state index contributed by atoms with van der Waals surface area (Å²) in [6.45, 7) is 3.56. The lowest BCUT2D eigenvalue weighted by Gasteiger charge is -2.15. The third-order valence-electron chi connectivity index (χ3n) is 3.11. The molecule has 0 saturated heterocycles. The van der Waals surface area contributed by atoms with Gasteiger partial charge in [0.1, 0.15) is 23.7 Å². The normalized spacial score (nSPS) is 10.6. The minimum absolute atomic E-state index is 0.102. The number of hydrogen-bond acceptors (Lipinski definition) is 6. The summed E-state index contributed by atoms with van der Waals surface area (Å²) in [6.07, 6.45) is 1.36. The lowest BCUT2D eigenvalue weighted by molar-refractivity contribution is -0.137. The van der Waals surface area contributed by atoms with Crippen LogP contribution in [0.4, 0.5) is 0 Å². The molecule has 9 heteroatoms. The highest BCUT2D eigenvalue weighted by molar-refractivity contribution is 5.97. The second-order valence-corrected chi connectivity index (χ2v) is 5.51. The molecule has 2 rings (SSSR count). The Bertz CT molecular complexity index is 757. The molecule has 2 aromatic rings. The van der Waals surface area contributed by atoms with Gasteiger partial charge in [-0.05, 0) is 26.0 Å². The lowest BCUT2D eigenvalue weighted by Crippen LogP contribution is -2.24. The van der Waals surface area contributed by atoms with Gasteiger partial charge in [0.2, 0.25) is 0 Å². The van der Waals surface area contributed by atoms with Gasteiger partial charge in [-0.1, -0.05) is 5.21 Å². The molecule has 2 N–H and O–H groups in total. The number of nitrogens with one attached hydrogen (secondary N) is 1. The molecule has 1 amide bonds. The molecule has 0 aliphatic rings. The molecule has 0 unspecified atom stereocenters. The molecule has 0 aliphatic heterocycles. The lowest BCUT2D eigenvalue weighted by atomic mass is 10.1. The third kappa shape index (κ3) is 5.20. The first-order valence-electron chi connectivity index (χ1n) is 7.62. The first-order chi connectivity index (χ1) is 11.9. The SMILES string of the molecule is COc1ccc(C(=O)NCc2cn(CC(=O)O)nn2)c(OC(C)C)c1. The summed E-state index contributed by atoms with van der Waals surface area (Å²) >= 11 is 0. The monoisotopic (exact) mass is 348 g/mol. The molecule has 1 aromatic carbocycles. The van der Waals surface area contributed by atoms with Crippen LogP contribution < -0.4 is 14.8 Å². The highest BCUT2D eigenvalue weighted by atomic mass is 16.5. The minimum atomic E-state index is -1.02. The number of ether oxygens (including phenoxy) is 2. The molecule has 0 saturated carbocycles. The molecule has 134 valence electrons. The number of aromatic nitrogens is 3. The van der Waals surface area contributed by atoms with Gasteiger partial charge in [-0.25, -0.2) is 4.68 Å². The Morgan fingerprint density at radius 2 is 2.12 bits per heavy atom. The van der Waals surface area contributed by atoms with Crippen molar-refractivity contribution in [1.82, 2.24) is 20.3 Å². The Hall–Kier alpha value is -3.10. The third-order valence-corrected chi connectivity index (χ3v) is 3.11. The molecule has 0 fully saturated rings. The van der Waals surface area contributed by atoms with Gasteiger partial charge in [0, 0.05) is 6.07 Å². The second-order valence-electron chi connectivity index (χ2n) is 5.51. The van der Waals surface area contributed by atoms with Gasteiger partial charge in [0.25, 0.3) is 5.91 Å². The van der Waals surface area contributed by atoms with Gasteiger partial charge in [-0.15, -0.1) is 5.10 Å². The van der Waals surface area contributed by atoms with E-state index in [1.54, 1.807) is 18.2 Å². The van der Waals surface area contributed by atoms with Crippen LogP contribution in [-0.4, -0.2) is 45.2 Å². The number of carbonyl (C=O) groups excluding carboxylic acids is 1. The highest BCUT2D eigenvalue weighted by Crippen LogP contribution is 2.25. The van der Waals surface area contributed by atoms with Crippen LogP contribution in [0.2, 0.25) is 0 Å². The van der Waals surface area contributed by atoms with E-state index in [0.717, 1.165) is 0 Å². The molecule has 9 nitrogen and oxygen atoms in total. The smallest absolute Gasteiger partial charge is 0.325 e. The number of aliphatic carboxylic acids is 1. The predicted octanol–water partition coefficient (Wildman–Crippen LogP) is 1.09. The number of benzene rings is 1. The summed E-state index contributed by atoms with van der Waals surface area (Å²) in [5, 5.41) is 18.9. The maximum absolute atomic E-state index is 12.4. The number of hydrogen-bond donors (Lipinski definition) is 2. The zero-order chi connectivity index (χ0) is 18.4. The van der Waals surface area contributed by atoms with Crippen molar-refractivity contribution in [3.63, 3.8) is 0 Å². The van der Waals surface area contributed by atoms with Crippen molar-refractivity contribution in [3.8, 4) is 11.5 Å². The van der Waals surface area contributed by atoms with E-state index in [9.17, 15) is 9.59 Å². The Morgan fingerprint density at radius 3 is 2.76 bits per heavy atom. The van der Waals surface area contributed by atoms with Crippen LogP contribution in [0.15, 0.2) is 24.4 Å². The van der Waals surface area contributed by atoms with Crippen LogP contribution in [0.25, 0.3) is 0 Å². The second kappa shape index (κ2) is 8.13. The van der Waals surface area contributed by atoms with Crippen LogP contribution in [0, 0.1) is 0 Å². The van der Waals surface area contributed by atoms with Crippen LogP contribution in [0.3, 0.4) is 0 Å². The fraction of sp³-hybridized carbons (Fsp3) is 0.375. The van der Waals surface area contributed by atoms with Gasteiger partial charge >= 0.3 is 5.97 Å². The number of carbonyl (C=O) groups is 2. The topological polar surface area (TPSA) is 116 Å². The zero-order valence-electron chi connectivity index (χ0n) is 14.2. The van der Waals surface area contributed by atoms with E-state index in [1.807, 2.05) is 13.8 Å². The molecule has 1 aromatic heterocycles. The summed E-state index contributed by atoms with van der Waals surface area (Å²) < 4.78 is 12.0. The van der Waals surface area contributed by atoms with E-state index in [1.165, 1.54) is 18.0 Å². The van der Waals surface area contributed by atoms with Crippen LogP contribution in [0.1, 0.15) is 29.9 Å². The molecule has 0 radical (unpaired) electrons. The first kappa shape index (κ1) is 18.2. The Kier molecular flexibility index (Phi) is 5.93. The van der Waals surface area contributed by atoms with Gasteiger partial charge < -0.3 is 19.9 Å². The van der Waals surface area contributed by atoms with Crippen molar-refractivity contribution in [2.45, 2.75) is 33.0 Å². The number of amides is 1. The minimum Gasteiger partial charge on any atom is -0.497 e.